The smallest absolute Gasteiger partial charge is 0.166 e. The van der Waals surface area contributed by atoms with Crippen molar-refractivity contribution < 1.29 is 14.2 Å². The highest BCUT2D eigenvalue weighted by Crippen LogP contribution is 2.35. The van der Waals surface area contributed by atoms with E-state index in [1.807, 2.05) is 24.3 Å². The van der Waals surface area contributed by atoms with Gasteiger partial charge in [-0.15, -0.1) is 0 Å². The molecule has 112 valence electrons. The molecule has 0 fully saturated rings. The molecule has 2 aromatic rings. The van der Waals surface area contributed by atoms with E-state index < -0.39 is 11.9 Å². The zero-order valence-corrected chi connectivity index (χ0v) is 12.9. The van der Waals surface area contributed by atoms with Gasteiger partial charge in [0.2, 0.25) is 0 Å². The lowest BCUT2D eigenvalue weighted by Gasteiger charge is -2.22. The van der Waals surface area contributed by atoms with Crippen molar-refractivity contribution in [2.75, 3.05) is 0 Å². The minimum Gasteiger partial charge on any atom is -0.454 e. The van der Waals surface area contributed by atoms with Crippen LogP contribution in [0, 0.1) is 5.82 Å². The SMILES string of the molecule is C[C@@H](O)c1ccc(Oc2ccccc2C(C)(C)C)c(F)c1. The van der Waals surface area contributed by atoms with Crippen molar-refractivity contribution >= 4 is 0 Å². The molecule has 0 saturated carbocycles. The quantitative estimate of drug-likeness (QED) is 0.864. The van der Waals surface area contributed by atoms with Gasteiger partial charge in [0.15, 0.2) is 11.6 Å². The highest BCUT2D eigenvalue weighted by atomic mass is 19.1. The Hall–Kier alpha value is -1.87. The van der Waals surface area contributed by atoms with Crippen molar-refractivity contribution in [3.8, 4) is 11.5 Å². The molecule has 3 heteroatoms. The first-order valence-corrected chi connectivity index (χ1v) is 7.04. The highest BCUT2D eigenvalue weighted by molar-refractivity contribution is 5.42. The molecule has 0 aliphatic carbocycles. The summed E-state index contributed by atoms with van der Waals surface area (Å²) < 4.78 is 19.8. The number of para-hydroxylation sites is 1. The van der Waals surface area contributed by atoms with Crippen LogP contribution in [0.4, 0.5) is 4.39 Å². The van der Waals surface area contributed by atoms with Gasteiger partial charge in [-0.05, 0) is 36.1 Å². The number of rotatable bonds is 3. The molecule has 2 nitrogen and oxygen atoms in total. The fourth-order valence-corrected chi connectivity index (χ4v) is 2.15. The Labute approximate surface area is 125 Å². The summed E-state index contributed by atoms with van der Waals surface area (Å²) in [7, 11) is 0. The second-order valence-corrected chi connectivity index (χ2v) is 6.21. The van der Waals surface area contributed by atoms with Crippen molar-refractivity contribution in [1.82, 2.24) is 0 Å². The Kier molecular flexibility index (Phi) is 4.33. The first-order chi connectivity index (χ1) is 9.79. The predicted molar refractivity (Wildman–Crippen MR) is 82.2 cm³/mol. The fourth-order valence-electron chi connectivity index (χ4n) is 2.15. The third kappa shape index (κ3) is 3.61. The zero-order chi connectivity index (χ0) is 15.6. The molecule has 0 saturated heterocycles. The molecule has 0 aliphatic rings. The molecule has 1 N–H and O–H groups in total. The molecule has 0 heterocycles. The number of aliphatic hydroxyl groups excluding tert-OH is 1. The average molecular weight is 288 g/mol. The van der Waals surface area contributed by atoms with E-state index >= 15 is 0 Å². The molecule has 1 atom stereocenters. The Morgan fingerprint density at radius 3 is 2.29 bits per heavy atom. The van der Waals surface area contributed by atoms with Crippen molar-refractivity contribution in [2.24, 2.45) is 0 Å². The maximum atomic E-state index is 14.1. The van der Waals surface area contributed by atoms with Gasteiger partial charge in [0.25, 0.3) is 0 Å². The summed E-state index contributed by atoms with van der Waals surface area (Å²) in [5.41, 5.74) is 1.46. The van der Waals surface area contributed by atoms with Crippen LogP contribution in [-0.2, 0) is 5.41 Å². The number of aliphatic hydroxyl groups is 1. The maximum Gasteiger partial charge on any atom is 0.166 e. The Morgan fingerprint density at radius 2 is 1.71 bits per heavy atom. The lowest BCUT2D eigenvalue weighted by molar-refractivity contribution is 0.198. The van der Waals surface area contributed by atoms with Gasteiger partial charge in [-0.2, -0.15) is 0 Å². The van der Waals surface area contributed by atoms with Crippen LogP contribution in [0.5, 0.6) is 11.5 Å². The lowest BCUT2D eigenvalue weighted by atomic mass is 9.86. The third-order valence-electron chi connectivity index (χ3n) is 3.35. The first kappa shape index (κ1) is 15.5. The molecular weight excluding hydrogens is 267 g/mol. The molecule has 0 amide bonds. The zero-order valence-electron chi connectivity index (χ0n) is 12.9. The van der Waals surface area contributed by atoms with Crippen LogP contribution in [-0.4, -0.2) is 5.11 Å². The Balaban J connectivity index is 2.35. The normalized spacial score (nSPS) is 13.0. The van der Waals surface area contributed by atoms with E-state index in [2.05, 4.69) is 20.8 Å². The average Bonchev–Trinajstić information content (AvgIpc) is 2.40. The number of hydrogen-bond acceptors (Lipinski definition) is 2. The number of halogens is 1. The van der Waals surface area contributed by atoms with E-state index in [4.69, 9.17) is 4.74 Å². The molecule has 2 aromatic carbocycles. The summed E-state index contributed by atoms with van der Waals surface area (Å²) in [5, 5.41) is 9.47. The van der Waals surface area contributed by atoms with Gasteiger partial charge < -0.3 is 9.84 Å². The standard InChI is InChI=1S/C18H21FO2/c1-12(20)13-9-10-17(15(19)11-13)21-16-8-6-5-7-14(16)18(2,3)4/h5-12,20H,1-4H3/t12-/m1/s1. The second kappa shape index (κ2) is 5.86. The van der Waals surface area contributed by atoms with Crippen molar-refractivity contribution in [2.45, 2.75) is 39.2 Å². The minimum absolute atomic E-state index is 0.0907. The van der Waals surface area contributed by atoms with Crippen molar-refractivity contribution in [3.05, 3.63) is 59.4 Å². The molecule has 2 rings (SSSR count). The van der Waals surface area contributed by atoms with Crippen LogP contribution >= 0.6 is 0 Å². The molecule has 0 spiro atoms. The topological polar surface area (TPSA) is 29.5 Å². The van der Waals surface area contributed by atoms with E-state index in [0.717, 1.165) is 5.56 Å². The number of benzene rings is 2. The maximum absolute atomic E-state index is 14.1. The molecule has 0 unspecified atom stereocenters. The van der Waals surface area contributed by atoms with Gasteiger partial charge in [-0.1, -0.05) is 45.0 Å². The summed E-state index contributed by atoms with van der Waals surface area (Å²) in [4.78, 5) is 0. The molecule has 0 bridgehead atoms. The molecule has 0 radical (unpaired) electrons. The van der Waals surface area contributed by atoms with Gasteiger partial charge in [-0.3, -0.25) is 0 Å². The summed E-state index contributed by atoms with van der Waals surface area (Å²) in [6.07, 6.45) is -0.699. The van der Waals surface area contributed by atoms with Crippen molar-refractivity contribution in [1.29, 1.82) is 0 Å². The molecule has 21 heavy (non-hydrogen) atoms. The van der Waals surface area contributed by atoms with Crippen LogP contribution in [0.15, 0.2) is 42.5 Å². The van der Waals surface area contributed by atoms with Crippen LogP contribution in [0.2, 0.25) is 0 Å². The summed E-state index contributed by atoms with van der Waals surface area (Å²) in [6, 6.07) is 12.2. The first-order valence-electron chi connectivity index (χ1n) is 7.04. The monoisotopic (exact) mass is 288 g/mol. The van der Waals surface area contributed by atoms with E-state index in [1.54, 1.807) is 19.1 Å². The third-order valence-corrected chi connectivity index (χ3v) is 3.35. The Bertz CT molecular complexity index is 627. The molecule has 0 aromatic heterocycles. The van der Waals surface area contributed by atoms with Crippen LogP contribution in [0.3, 0.4) is 0 Å². The van der Waals surface area contributed by atoms with Crippen LogP contribution in [0.25, 0.3) is 0 Å². The predicted octanol–water partition coefficient (Wildman–Crippen LogP) is 4.97. The van der Waals surface area contributed by atoms with Crippen LogP contribution in [0.1, 0.15) is 44.9 Å². The lowest BCUT2D eigenvalue weighted by Crippen LogP contribution is -2.12. The van der Waals surface area contributed by atoms with Crippen LogP contribution < -0.4 is 4.74 Å². The van der Waals surface area contributed by atoms with E-state index in [9.17, 15) is 9.50 Å². The van der Waals surface area contributed by atoms with Gasteiger partial charge in [0.05, 0.1) is 6.10 Å². The molecular formula is C18H21FO2. The van der Waals surface area contributed by atoms with Gasteiger partial charge in [0, 0.05) is 5.56 Å². The van der Waals surface area contributed by atoms with Gasteiger partial charge in [0.1, 0.15) is 5.75 Å². The van der Waals surface area contributed by atoms with Gasteiger partial charge in [-0.25, -0.2) is 4.39 Å². The second-order valence-electron chi connectivity index (χ2n) is 6.21. The number of ether oxygens (including phenoxy) is 1. The summed E-state index contributed by atoms with van der Waals surface area (Å²) in [5.74, 6) is 0.335. The highest BCUT2D eigenvalue weighted by Gasteiger charge is 2.19. The van der Waals surface area contributed by atoms with Crippen molar-refractivity contribution in [3.63, 3.8) is 0 Å². The van der Waals surface area contributed by atoms with E-state index in [0.29, 0.717) is 11.3 Å². The Morgan fingerprint density at radius 1 is 1.05 bits per heavy atom. The summed E-state index contributed by atoms with van der Waals surface area (Å²) in [6.45, 7) is 7.86. The van der Waals surface area contributed by atoms with Gasteiger partial charge >= 0.3 is 0 Å². The molecule has 0 aliphatic heterocycles. The number of hydrogen-bond donors (Lipinski definition) is 1. The van der Waals surface area contributed by atoms with E-state index in [1.165, 1.54) is 6.07 Å². The summed E-state index contributed by atoms with van der Waals surface area (Å²) >= 11 is 0. The largest absolute Gasteiger partial charge is 0.454 e. The fraction of sp³-hybridized carbons (Fsp3) is 0.333. The van der Waals surface area contributed by atoms with E-state index in [-0.39, 0.29) is 11.2 Å². The minimum atomic E-state index is -0.699.